The lowest BCUT2D eigenvalue weighted by Crippen LogP contribution is -2.42. The number of hydrogen-bond donors (Lipinski definition) is 1. The molecule has 12 heteroatoms. The third-order valence-electron chi connectivity index (χ3n) is 8.08. The van der Waals surface area contributed by atoms with Gasteiger partial charge in [0.1, 0.15) is 29.9 Å². The van der Waals surface area contributed by atoms with Gasteiger partial charge in [-0.1, -0.05) is 30.3 Å². The van der Waals surface area contributed by atoms with Crippen molar-refractivity contribution in [3.63, 3.8) is 0 Å². The molecule has 0 aliphatic carbocycles. The van der Waals surface area contributed by atoms with Gasteiger partial charge in [-0.15, -0.1) is 0 Å². The van der Waals surface area contributed by atoms with Crippen molar-refractivity contribution in [2.45, 2.75) is 82.8 Å². The van der Waals surface area contributed by atoms with E-state index < -0.39 is 41.3 Å². The quantitative estimate of drug-likeness (QED) is 0.227. The summed E-state index contributed by atoms with van der Waals surface area (Å²) in [6.45, 7) is 6.89. The van der Waals surface area contributed by atoms with Gasteiger partial charge in [-0.2, -0.15) is 13.2 Å². The molecule has 242 valence electrons. The van der Waals surface area contributed by atoms with E-state index in [4.69, 9.17) is 14.5 Å². The molecule has 1 amide bonds. The van der Waals surface area contributed by atoms with Crippen molar-refractivity contribution in [1.82, 2.24) is 19.8 Å². The van der Waals surface area contributed by atoms with Crippen molar-refractivity contribution in [1.29, 1.82) is 0 Å². The highest BCUT2D eigenvalue weighted by Gasteiger charge is 2.39. The minimum Gasteiger partial charge on any atom is -0.459 e. The van der Waals surface area contributed by atoms with Crippen LogP contribution in [0.15, 0.2) is 54.7 Å². The summed E-state index contributed by atoms with van der Waals surface area (Å²) in [7, 11) is 0. The number of carbonyl (C=O) groups excluding carboxylic acids is 2. The predicted octanol–water partition coefficient (Wildman–Crippen LogP) is 6.86. The molecule has 2 fully saturated rings. The Balaban J connectivity index is 1.50. The number of nitrogens with zero attached hydrogens (tertiary/aromatic N) is 3. The Labute approximate surface area is 259 Å². The van der Waals surface area contributed by atoms with Crippen molar-refractivity contribution in [2.24, 2.45) is 0 Å². The van der Waals surface area contributed by atoms with Gasteiger partial charge in [-0.3, -0.25) is 0 Å². The SMILES string of the molecule is CC(C)(C)OC(=O)N1CCC(c2nc(-c3ccc(F)c(C(F)(F)F)c3)cn2C(C(=O)OCc2ccccc2)C2CCCN2)CC1. The van der Waals surface area contributed by atoms with Gasteiger partial charge in [0.05, 0.1) is 11.3 Å². The van der Waals surface area contributed by atoms with Crippen LogP contribution in [0.4, 0.5) is 22.4 Å². The second-order valence-corrected chi connectivity index (χ2v) is 12.6. The van der Waals surface area contributed by atoms with E-state index >= 15 is 0 Å². The van der Waals surface area contributed by atoms with Gasteiger partial charge in [0.2, 0.25) is 0 Å². The van der Waals surface area contributed by atoms with Crippen molar-refractivity contribution in [3.05, 3.63) is 77.5 Å². The number of imidazole rings is 1. The molecule has 0 radical (unpaired) electrons. The fourth-order valence-electron chi connectivity index (χ4n) is 5.89. The lowest BCUT2D eigenvalue weighted by molar-refractivity contribution is -0.150. The Morgan fingerprint density at radius 2 is 1.76 bits per heavy atom. The Morgan fingerprint density at radius 3 is 2.38 bits per heavy atom. The third-order valence-corrected chi connectivity index (χ3v) is 8.08. The highest BCUT2D eigenvalue weighted by Crippen LogP contribution is 2.37. The third kappa shape index (κ3) is 7.84. The number of benzene rings is 2. The molecule has 2 atom stereocenters. The summed E-state index contributed by atoms with van der Waals surface area (Å²) in [5, 5.41) is 3.38. The van der Waals surface area contributed by atoms with Gasteiger partial charge in [0, 0.05) is 36.8 Å². The Morgan fingerprint density at radius 1 is 1.04 bits per heavy atom. The molecular formula is C33H38F4N4O4. The number of aromatic nitrogens is 2. The number of carbonyl (C=O) groups is 2. The average Bonchev–Trinajstić information content (AvgIpc) is 3.67. The standard InChI is InChI=1S/C33H38F4N4O4/c1-32(2,3)45-31(43)40-16-13-22(14-17-40)29-39-27(23-11-12-25(34)24(18-23)33(35,36)37)19-41(29)28(26-10-7-15-38-26)30(42)44-20-21-8-5-4-6-9-21/h4-6,8-9,11-12,18-19,22,26,28,38H,7,10,13-17,20H2,1-3H3. The molecule has 0 spiro atoms. The number of amides is 1. The van der Waals surface area contributed by atoms with E-state index in [2.05, 4.69) is 5.32 Å². The number of halogens is 4. The van der Waals surface area contributed by atoms with Gasteiger partial charge in [-0.25, -0.2) is 19.0 Å². The van der Waals surface area contributed by atoms with E-state index in [1.54, 1.807) is 36.4 Å². The molecule has 5 rings (SSSR count). The van der Waals surface area contributed by atoms with E-state index in [0.29, 0.717) is 44.7 Å². The summed E-state index contributed by atoms with van der Waals surface area (Å²) in [4.78, 5) is 32.9. The first kappa shape index (κ1) is 32.5. The second-order valence-electron chi connectivity index (χ2n) is 12.6. The normalized spacial score (nSPS) is 18.6. The van der Waals surface area contributed by atoms with Gasteiger partial charge in [-0.05, 0) is 76.8 Å². The summed E-state index contributed by atoms with van der Waals surface area (Å²) >= 11 is 0. The van der Waals surface area contributed by atoms with Gasteiger partial charge in [0.25, 0.3) is 0 Å². The second kappa shape index (κ2) is 13.2. The summed E-state index contributed by atoms with van der Waals surface area (Å²) in [6.07, 6.45) is -1.23. The van der Waals surface area contributed by atoms with Crippen LogP contribution >= 0.6 is 0 Å². The fraction of sp³-hybridized carbons (Fsp3) is 0.485. The van der Waals surface area contributed by atoms with E-state index in [1.165, 1.54) is 6.07 Å². The minimum atomic E-state index is -4.89. The van der Waals surface area contributed by atoms with Gasteiger partial charge >= 0.3 is 18.2 Å². The monoisotopic (exact) mass is 630 g/mol. The van der Waals surface area contributed by atoms with Crippen LogP contribution in [0.5, 0.6) is 0 Å². The van der Waals surface area contributed by atoms with Crippen LogP contribution in [-0.2, 0) is 27.1 Å². The molecule has 1 aromatic heterocycles. The lowest BCUT2D eigenvalue weighted by atomic mass is 9.95. The Kier molecular flexibility index (Phi) is 9.52. The molecule has 2 unspecified atom stereocenters. The highest BCUT2D eigenvalue weighted by molar-refractivity contribution is 5.76. The van der Waals surface area contributed by atoms with Crippen LogP contribution in [0.3, 0.4) is 0 Å². The minimum absolute atomic E-state index is 0.0565. The number of hydrogen-bond acceptors (Lipinski definition) is 6. The van der Waals surface area contributed by atoms with Crippen LogP contribution in [0.25, 0.3) is 11.3 Å². The molecule has 2 saturated heterocycles. The Bertz CT molecular complexity index is 1490. The number of ether oxygens (including phenoxy) is 2. The zero-order chi connectivity index (χ0) is 32.4. The smallest absolute Gasteiger partial charge is 0.419 e. The molecule has 2 aliphatic rings. The maximum atomic E-state index is 14.2. The van der Waals surface area contributed by atoms with E-state index in [0.717, 1.165) is 24.1 Å². The van der Waals surface area contributed by atoms with Crippen LogP contribution in [0, 0.1) is 5.82 Å². The van der Waals surface area contributed by atoms with Crippen molar-refractivity contribution in [3.8, 4) is 11.3 Å². The number of likely N-dealkylation sites (tertiary alicyclic amines) is 1. The van der Waals surface area contributed by atoms with E-state index in [1.807, 2.05) is 30.3 Å². The van der Waals surface area contributed by atoms with Gasteiger partial charge < -0.3 is 24.3 Å². The molecule has 8 nitrogen and oxygen atoms in total. The van der Waals surface area contributed by atoms with Crippen molar-refractivity contribution < 1.29 is 36.6 Å². The zero-order valence-corrected chi connectivity index (χ0v) is 25.6. The lowest BCUT2D eigenvalue weighted by Gasteiger charge is -2.34. The van der Waals surface area contributed by atoms with Crippen molar-refractivity contribution in [2.75, 3.05) is 19.6 Å². The van der Waals surface area contributed by atoms with Crippen LogP contribution < -0.4 is 5.32 Å². The van der Waals surface area contributed by atoms with Crippen molar-refractivity contribution >= 4 is 12.1 Å². The number of piperidine rings is 1. The predicted molar refractivity (Wildman–Crippen MR) is 159 cm³/mol. The molecule has 2 aliphatic heterocycles. The van der Waals surface area contributed by atoms with E-state index in [-0.39, 0.29) is 29.8 Å². The molecule has 3 aromatic rings. The summed E-state index contributed by atoms with van der Waals surface area (Å²) in [5.74, 6) is -1.59. The summed E-state index contributed by atoms with van der Waals surface area (Å²) < 4.78 is 68.0. The number of alkyl halides is 3. The highest BCUT2D eigenvalue weighted by atomic mass is 19.4. The molecule has 2 aromatic carbocycles. The van der Waals surface area contributed by atoms with Gasteiger partial charge in [0.15, 0.2) is 0 Å². The number of rotatable bonds is 7. The Hall–Kier alpha value is -3.93. The van der Waals surface area contributed by atoms with Crippen LogP contribution in [0.2, 0.25) is 0 Å². The molecule has 3 heterocycles. The first-order valence-electron chi connectivity index (χ1n) is 15.2. The maximum Gasteiger partial charge on any atom is 0.419 e. The fourth-order valence-corrected chi connectivity index (χ4v) is 5.89. The van der Waals surface area contributed by atoms with Crippen LogP contribution in [0.1, 0.15) is 75.4 Å². The number of esters is 1. The largest absolute Gasteiger partial charge is 0.459 e. The summed E-state index contributed by atoms with van der Waals surface area (Å²) in [6, 6.07) is 10.9. The first-order chi connectivity index (χ1) is 21.3. The molecule has 1 N–H and O–H groups in total. The average molecular weight is 631 g/mol. The summed E-state index contributed by atoms with van der Waals surface area (Å²) in [5.41, 5.74) is -0.964. The zero-order valence-electron chi connectivity index (χ0n) is 25.6. The molecule has 0 saturated carbocycles. The molecular weight excluding hydrogens is 592 g/mol. The topological polar surface area (TPSA) is 85.7 Å². The molecule has 45 heavy (non-hydrogen) atoms. The molecule has 0 bridgehead atoms. The first-order valence-corrected chi connectivity index (χ1v) is 15.2. The number of nitrogens with one attached hydrogen (secondary N) is 1. The van der Waals surface area contributed by atoms with E-state index in [9.17, 15) is 27.2 Å². The van der Waals surface area contributed by atoms with Crippen LogP contribution in [-0.4, -0.2) is 57.8 Å². The maximum absolute atomic E-state index is 14.2.